The average Bonchev–Trinajstić information content (AvgIpc) is 3.90. The van der Waals surface area contributed by atoms with Gasteiger partial charge in [-0.3, -0.25) is 9.83 Å². The monoisotopic (exact) mass is 1740 g/mol. The Balaban J connectivity index is -0.000000102. The summed E-state index contributed by atoms with van der Waals surface area (Å²) in [4.78, 5) is 7.51. The minimum absolute atomic E-state index is 0. The molecule has 329 valence electrons. The van der Waals surface area contributed by atoms with Crippen LogP contribution in [0.4, 0.5) is 0 Å². The molecule has 0 fully saturated rings. The molecule has 4 aromatic rings. The number of hydrogen-bond acceptors (Lipinski definition) is 2. The molecule has 0 atom stereocenters. The molecule has 0 amide bonds. The second-order valence-corrected chi connectivity index (χ2v) is 26.2. The number of nitrogens with zero attached hydrogens (tertiary/aromatic N) is 1. The topological polar surface area (TPSA) is 15.3 Å². The Kier molecular flexibility index (Phi) is 80.7. The summed E-state index contributed by atoms with van der Waals surface area (Å²) < 4.78 is 1.93. The van der Waals surface area contributed by atoms with Crippen molar-refractivity contribution >= 4 is 190 Å². The van der Waals surface area contributed by atoms with Gasteiger partial charge in [-0.05, 0) is 70.3 Å². The number of hydrogen-bond donors (Lipinski definition) is 1. The fourth-order valence-electron chi connectivity index (χ4n) is 4.22. The van der Waals surface area contributed by atoms with Gasteiger partial charge in [-0.2, -0.15) is 0 Å². The van der Waals surface area contributed by atoms with Gasteiger partial charge in [0.25, 0.3) is 0 Å². The molecule has 4 aromatic carbocycles. The zero-order valence-corrected chi connectivity index (χ0v) is 55.9. The van der Waals surface area contributed by atoms with Crippen LogP contribution in [0.2, 0.25) is 0 Å². The molecule has 0 bridgehead atoms. The third-order valence-electron chi connectivity index (χ3n) is 6.58. The summed E-state index contributed by atoms with van der Waals surface area (Å²) in [6.45, 7) is 24.6. The molecular weight excluding hydrogens is 1670 g/mol. The van der Waals surface area contributed by atoms with E-state index in [9.17, 15) is 0 Å². The molecule has 1 radical (unpaired) electrons. The third-order valence-corrected chi connectivity index (χ3v) is 7.79. The quantitative estimate of drug-likeness (QED) is 0.122. The van der Waals surface area contributed by atoms with Crippen LogP contribution in [-0.4, -0.2) is 19.3 Å². The fraction of sp³-hybridized carbons (Fsp3) is 0.444. The molecule has 6 rings (SSSR count). The van der Waals surface area contributed by atoms with Crippen molar-refractivity contribution in [1.29, 1.82) is 0 Å². The first-order chi connectivity index (χ1) is 27.2. The van der Waals surface area contributed by atoms with Gasteiger partial charge in [0.15, 0.2) is 0 Å². The first-order valence-electron chi connectivity index (χ1n) is 18.6. The third kappa shape index (κ3) is 45.8. The van der Waals surface area contributed by atoms with Crippen LogP contribution in [0, 0.1) is 18.8 Å². The summed E-state index contributed by atoms with van der Waals surface area (Å²) in [5, 5.41) is 5.17. The van der Waals surface area contributed by atoms with Crippen LogP contribution < -0.4 is 5.32 Å². The Hall–Kier alpha value is 3.45. The van der Waals surface area contributed by atoms with Gasteiger partial charge in [-0.15, -0.1) is 0 Å². The average molecular weight is 1740 g/mol. The Morgan fingerprint density at radius 1 is 0.561 bits per heavy atom. The van der Waals surface area contributed by atoms with Crippen LogP contribution in [-0.2, 0) is 55.4 Å². The van der Waals surface area contributed by atoms with Crippen molar-refractivity contribution in [3.05, 3.63) is 146 Å². The molecule has 57 heavy (non-hydrogen) atoms. The van der Waals surface area contributed by atoms with E-state index < -0.39 is 0 Å². The molecule has 1 N–H and O–H groups in total. The predicted octanol–water partition coefficient (Wildman–Crippen LogP) is 19.5. The Morgan fingerprint density at radius 2 is 0.789 bits per heavy atom. The number of fused-ring (bicyclic) bond motifs is 2. The van der Waals surface area contributed by atoms with E-state index in [2.05, 4.69) is 301 Å². The SMILES string of the molecule is BrCc1ccccc1CBr.CC.CC.CC.CC.CI.CN1Cc2ccccc2C1.Cc1ccccc1C.IC(I)I.ICI.[CH2-]I.[V].c1ccc2c(c1)CNC2. The zero-order valence-electron chi connectivity index (χ0n) is 36.3. The fourth-order valence-corrected chi connectivity index (χ4v) is 5.31. The Bertz CT molecular complexity index is 1250. The van der Waals surface area contributed by atoms with Crippen LogP contribution in [0.1, 0.15) is 99.9 Å². The number of rotatable bonds is 2. The van der Waals surface area contributed by atoms with E-state index in [-0.39, 0.29) is 18.6 Å². The standard InChI is InChI=1S/C9H11N.C8H8Br2.C8H9N.C8H10.4C2H6.CHI3.CH2I2.CH3I.CH2I.V/c1-10-6-8-4-2-3-5-9(8)7-10;9-5-7-3-1-2-4-8(7)6-10;1-2-4-8-6-9-5-7(8)3-1;1-7-5-3-4-6-8(7)2;4*1-2;2-1(3)4;2-1-3;2*1-2;/h2-5H,6-7H2,1H3;1-4H,5-6H2;1-4,9H,5-6H2;3-6H,1-2H3;4*1-2H3;1H;1H2;1H3;1H2;/q;;;;;;;;;;;-1;. The van der Waals surface area contributed by atoms with Crippen LogP contribution >= 0.6 is 190 Å². The molecular formula is C45H70Br2I7N2V-. The van der Waals surface area contributed by atoms with E-state index in [1.54, 1.807) is 0 Å². The van der Waals surface area contributed by atoms with Crippen molar-refractivity contribution in [2.75, 3.05) is 14.4 Å². The Labute approximate surface area is 477 Å². The van der Waals surface area contributed by atoms with Crippen molar-refractivity contribution in [2.24, 2.45) is 0 Å². The summed E-state index contributed by atoms with van der Waals surface area (Å²) >= 11 is 22.4. The van der Waals surface area contributed by atoms with Crippen molar-refractivity contribution in [3.8, 4) is 0 Å². The number of benzene rings is 4. The van der Waals surface area contributed by atoms with Crippen molar-refractivity contribution in [3.63, 3.8) is 0 Å². The second-order valence-electron chi connectivity index (χ2n) is 9.78. The van der Waals surface area contributed by atoms with Crippen LogP contribution in [0.3, 0.4) is 0 Å². The number of alkyl halides is 8. The van der Waals surface area contributed by atoms with Crippen molar-refractivity contribution in [2.45, 2.75) is 106 Å². The second kappa shape index (κ2) is 61.5. The molecule has 0 aliphatic carbocycles. The first-order valence-corrected chi connectivity index (χ1v) is 31.3. The Morgan fingerprint density at radius 3 is 1.04 bits per heavy atom. The van der Waals surface area contributed by atoms with Gasteiger partial charge in [-0.1, -0.05) is 320 Å². The van der Waals surface area contributed by atoms with Gasteiger partial charge in [-0.25, -0.2) is 0 Å². The summed E-state index contributed by atoms with van der Waals surface area (Å²) in [6, 6.07) is 33.9. The van der Waals surface area contributed by atoms with E-state index in [4.69, 9.17) is 0 Å². The van der Waals surface area contributed by atoms with E-state index in [0.717, 1.165) is 36.8 Å². The van der Waals surface area contributed by atoms with E-state index >= 15 is 0 Å². The van der Waals surface area contributed by atoms with Crippen LogP contribution in [0.25, 0.3) is 0 Å². The number of nitrogens with one attached hydrogen (secondary N) is 1. The summed E-state index contributed by atoms with van der Waals surface area (Å²) in [6.07, 6.45) is 0. The van der Waals surface area contributed by atoms with Gasteiger partial charge >= 0.3 is 0 Å². The summed E-state index contributed by atoms with van der Waals surface area (Å²) in [7, 11) is 2.15. The largest absolute Gasteiger partial charge is 0.319 e. The molecule has 2 heterocycles. The predicted molar refractivity (Wildman–Crippen MR) is 330 cm³/mol. The number of halogens is 9. The van der Waals surface area contributed by atoms with Gasteiger partial charge < -0.3 is 27.9 Å². The van der Waals surface area contributed by atoms with Gasteiger partial charge in [0.1, 0.15) is -0.0619 Å². The minimum Gasteiger partial charge on any atom is -0.319 e. The van der Waals surface area contributed by atoms with Crippen LogP contribution in [0.5, 0.6) is 0 Å². The normalized spacial score (nSPS) is 10.1. The summed E-state index contributed by atoms with van der Waals surface area (Å²) in [5.41, 5.74) is 11.4. The molecule has 2 aliphatic heterocycles. The van der Waals surface area contributed by atoms with E-state index in [0.29, 0.717) is 0 Å². The number of aryl methyl sites for hydroxylation is 2. The van der Waals surface area contributed by atoms with Gasteiger partial charge in [0.05, 0.1) is 2.43 Å². The minimum atomic E-state index is 0. The molecule has 12 heteroatoms. The molecule has 2 aliphatic rings. The van der Waals surface area contributed by atoms with E-state index in [1.165, 1.54) is 46.9 Å². The van der Waals surface area contributed by atoms with Crippen LogP contribution in [0.15, 0.2) is 97.1 Å². The van der Waals surface area contributed by atoms with Crippen molar-refractivity contribution < 1.29 is 18.6 Å². The maximum Gasteiger partial charge on any atom is 0.114 e. The molecule has 0 saturated carbocycles. The molecule has 0 spiro atoms. The maximum atomic E-state index is 3.43. The first kappa shape index (κ1) is 74.8. The molecule has 2 nitrogen and oxygen atoms in total. The van der Waals surface area contributed by atoms with Gasteiger partial charge in [0.2, 0.25) is 0 Å². The van der Waals surface area contributed by atoms with E-state index in [1.807, 2.05) is 82.9 Å². The molecule has 0 saturated heterocycles. The van der Waals surface area contributed by atoms with Gasteiger partial charge in [0, 0.05) is 55.4 Å². The van der Waals surface area contributed by atoms with Crippen molar-refractivity contribution in [1.82, 2.24) is 10.2 Å². The summed E-state index contributed by atoms with van der Waals surface area (Å²) in [5.74, 6) is 0. The maximum absolute atomic E-state index is 3.43. The smallest absolute Gasteiger partial charge is 0.114 e. The molecule has 0 aromatic heterocycles. The zero-order chi connectivity index (χ0) is 44.7. The molecule has 0 unspecified atom stereocenters.